The number of hydrogen-bond acceptors (Lipinski definition) is 1. The summed E-state index contributed by atoms with van der Waals surface area (Å²) < 4.78 is 0. The number of piperidine rings is 1. The minimum Gasteiger partial charge on any atom is -0.314 e. The zero-order valence-corrected chi connectivity index (χ0v) is 7.47. The highest BCUT2D eigenvalue weighted by Crippen LogP contribution is 2.39. The lowest BCUT2D eigenvalue weighted by atomic mass is 9.90. The Bertz CT molecular complexity index is 133. The fourth-order valence-corrected chi connectivity index (χ4v) is 2.77. The van der Waals surface area contributed by atoms with Crippen molar-refractivity contribution in [3.05, 3.63) is 0 Å². The Morgan fingerprint density at radius 2 is 2.27 bits per heavy atom. The van der Waals surface area contributed by atoms with Crippen LogP contribution < -0.4 is 5.32 Å². The van der Waals surface area contributed by atoms with Gasteiger partial charge in [0, 0.05) is 6.04 Å². The molecule has 1 saturated heterocycles. The first kappa shape index (κ1) is 7.60. The fourth-order valence-electron chi connectivity index (χ4n) is 2.77. The molecule has 2 aliphatic rings. The van der Waals surface area contributed by atoms with Gasteiger partial charge in [0.05, 0.1) is 0 Å². The molecule has 1 heterocycles. The highest BCUT2D eigenvalue weighted by Gasteiger charge is 2.38. The van der Waals surface area contributed by atoms with Crippen molar-refractivity contribution in [1.29, 1.82) is 0 Å². The Kier molecular flexibility index (Phi) is 2.17. The normalized spacial score (nSPS) is 41.7. The molecule has 2 rings (SSSR count). The molecule has 0 aromatic rings. The molecule has 11 heavy (non-hydrogen) atoms. The van der Waals surface area contributed by atoms with Crippen molar-refractivity contribution in [3.8, 4) is 0 Å². The molecule has 64 valence electrons. The summed E-state index contributed by atoms with van der Waals surface area (Å²) in [6, 6.07) is 0.904. The van der Waals surface area contributed by atoms with E-state index in [2.05, 4.69) is 12.2 Å². The van der Waals surface area contributed by atoms with Gasteiger partial charge in [-0.15, -0.1) is 0 Å². The van der Waals surface area contributed by atoms with Crippen LogP contribution in [-0.4, -0.2) is 12.6 Å². The number of unbranched alkanes of at least 4 members (excludes halogenated alkanes) is 1. The average molecular weight is 153 g/mol. The summed E-state index contributed by atoms with van der Waals surface area (Å²) in [4.78, 5) is 0. The number of fused-ring (bicyclic) bond motifs is 2. The molecule has 2 fully saturated rings. The Morgan fingerprint density at radius 3 is 2.82 bits per heavy atom. The van der Waals surface area contributed by atoms with E-state index in [-0.39, 0.29) is 0 Å². The van der Waals surface area contributed by atoms with Gasteiger partial charge >= 0.3 is 0 Å². The van der Waals surface area contributed by atoms with Crippen molar-refractivity contribution in [2.75, 3.05) is 6.54 Å². The maximum atomic E-state index is 3.56. The number of rotatable bonds is 3. The Morgan fingerprint density at radius 1 is 1.36 bits per heavy atom. The van der Waals surface area contributed by atoms with Gasteiger partial charge in [0.25, 0.3) is 0 Å². The summed E-state index contributed by atoms with van der Waals surface area (Å²) in [6.07, 6.45) is 7.29. The van der Waals surface area contributed by atoms with Crippen LogP contribution in [-0.2, 0) is 0 Å². The first-order chi connectivity index (χ1) is 5.40. The molecule has 0 aromatic carbocycles. The lowest BCUT2D eigenvalue weighted by molar-refractivity contribution is 0.323. The van der Waals surface area contributed by atoms with Crippen LogP contribution in [0.15, 0.2) is 0 Å². The third-order valence-corrected chi connectivity index (χ3v) is 3.44. The van der Waals surface area contributed by atoms with E-state index in [0.29, 0.717) is 0 Å². The van der Waals surface area contributed by atoms with Gasteiger partial charge in [-0.2, -0.15) is 0 Å². The molecule has 1 aliphatic carbocycles. The van der Waals surface area contributed by atoms with Crippen molar-refractivity contribution >= 4 is 0 Å². The van der Waals surface area contributed by atoms with Crippen LogP contribution in [0.2, 0.25) is 0 Å². The van der Waals surface area contributed by atoms with Gasteiger partial charge in [-0.3, -0.25) is 0 Å². The molecular formula is C10H19N. The van der Waals surface area contributed by atoms with Crippen LogP contribution in [0.1, 0.15) is 39.0 Å². The molecule has 0 spiro atoms. The maximum absolute atomic E-state index is 3.56. The smallest absolute Gasteiger partial charge is 0.00731 e. The van der Waals surface area contributed by atoms with Crippen LogP contribution in [0, 0.1) is 11.8 Å². The maximum Gasteiger partial charge on any atom is 0.00731 e. The molecular weight excluding hydrogens is 134 g/mol. The molecule has 1 heteroatoms. The van der Waals surface area contributed by atoms with Crippen LogP contribution >= 0.6 is 0 Å². The zero-order chi connectivity index (χ0) is 7.68. The van der Waals surface area contributed by atoms with Crippen molar-refractivity contribution < 1.29 is 0 Å². The molecule has 1 N–H and O–H groups in total. The summed E-state index contributed by atoms with van der Waals surface area (Å²) in [6.45, 7) is 3.62. The number of nitrogens with one attached hydrogen (secondary N) is 1. The largest absolute Gasteiger partial charge is 0.314 e. The molecule has 0 amide bonds. The lowest BCUT2D eigenvalue weighted by Gasteiger charge is -2.21. The van der Waals surface area contributed by atoms with E-state index in [4.69, 9.17) is 0 Å². The van der Waals surface area contributed by atoms with Crippen molar-refractivity contribution in [2.45, 2.75) is 45.1 Å². The average Bonchev–Trinajstić information content (AvgIpc) is 2.60. The standard InChI is InChI=1S/C10H19N/c1-2-3-4-8-5-10-6-9(8)7-11-10/h8-11H,2-7H2,1H3. The molecule has 3 unspecified atom stereocenters. The van der Waals surface area contributed by atoms with E-state index in [0.717, 1.165) is 17.9 Å². The summed E-state index contributed by atoms with van der Waals surface area (Å²) in [5, 5.41) is 3.56. The van der Waals surface area contributed by atoms with Gasteiger partial charge in [-0.05, 0) is 31.2 Å². The predicted octanol–water partition coefficient (Wildman–Crippen LogP) is 2.17. The van der Waals surface area contributed by atoms with E-state index >= 15 is 0 Å². The summed E-state index contributed by atoms with van der Waals surface area (Å²) >= 11 is 0. The summed E-state index contributed by atoms with van der Waals surface area (Å²) in [5.74, 6) is 2.13. The predicted molar refractivity (Wildman–Crippen MR) is 47.5 cm³/mol. The van der Waals surface area contributed by atoms with Crippen LogP contribution in [0.3, 0.4) is 0 Å². The quantitative estimate of drug-likeness (QED) is 0.655. The molecule has 3 atom stereocenters. The SMILES string of the molecule is CCCCC1CC2CC1CN2. The molecule has 0 aromatic heterocycles. The first-order valence-corrected chi connectivity index (χ1v) is 5.13. The molecule has 1 aliphatic heterocycles. The van der Waals surface area contributed by atoms with E-state index in [9.17, 15) is 0 Å². The highest BCUT2D eigenvalue weighted by molar-refractivity contribution is 4.94. The first-order valence-electron chi connectivity index (χ1n) is 5.13. The Labute approximate surface area is 69.6 Å². The van der Waals surface area contributed by atoms with E-state index < -0.39 is 0 Å². The Balaban J connectivity index is 1.78. The Hall–Kier alpha value is -0.0400. The highest BCUT2D eigenvalue weighted by atomic mass is 15.0. The van der Waals surface area contributed by atoms with Gasteiger partial charge < -0.3 is 5.32 Å². The zero-order valence-electron chi connectivity index (χ0n) is 7.47. The number of hydrogen-bond donors (Lipinski definition) is 1. The minimum atomic E-state index is 0.904. The lowest BCUT2D eigenvalue weighted by Crippen LogP contribution is -2.29. The third kappa shape index (κ3) is 1.44. The molecule has 1 saturated carbocycles. The second-order valence-corrected chi connectivity index (χ2v) is 4.24. The monoisotopic (exact) mass is 153 g/mol. The van der Waals surface area contributed by atoms with Crippen LogP contribution in [0.5, 0.6) is 0 Å². The second kappa shape index (κ2) is 3.14. The molecule has 0 radical (unpaired) electrons. The van der Waals surface area contributed by atoms with Gasteiger partial charge in [-0.25, -0.2) is 0 Å². The summed E-state index contributed by atoms with van der Waals surface area (Å²) in [7, 11) is 0. The van der Waals surface area contributed by atoms with E-state index in [1.54, 1.807) is 0 Å². The van der Waals surface area contributed by atoms with Crippen molar-refractivity contribution in [3.63, 3.8) is 0 Å². The topological polar surface area (TPSA) is 12.0 Å². The van der Waals surface area contributed by atoms with Crippen molar-refractivity contribution in [2.24, 2.45) is 11.8 Å². The van der Waals surface area contributed by atoms with Gasteiger partial charge in [0.1, 0.15) is 0 Å². The molecule has 2 bridgehead atoms. The third-order valence-electron chi connectivity index (χ3n) is 3.44. The second-order valence-electron chi connectivity index (χ2n) is 4.24. The van der Waals surface area contributed by atoms with Crippen LogP contribution in [0.4, 0.5) is 0 Å². The van der Waals surface area contributed by atoms with Gasteiger partial charge in [0.15, 0.2) is 0 Å². The minimum absolute atomic E-state index is 0.904. The van der Waals surface area contributed by atoms with E-state index in [1.807, 2.05) is 0 Å². The fraction of sp³-hybridized carbons (Fsp3) is 1.00. The van der Waals surface area contributed by atoms with Gasteiger partial charge in [0.2, 0.25) is 0 Å². The van der Waals surface area contributed by atoms with Gasteiger partial charge in [-0.1, -0.05) is 26.2 Å². The van der Waals surface area contributed by atoms with Crippen molar-refractivity contribution in [1.82, 2.24) is 5.32 Å². The van der Waals surface area contributed by atoms with E-state index in [1.165, 1.54) is 38.6 Å². The van der Waals surface area contributed by atoms with Crippen LogP contribution in [0.25, 0.3) is 0 Å². The summed E-state index contributed by atoms with van der Waals surface area (Å²) in [5.41, 5.74) is 0. The molecule has 1 nitrogen and oxygen atoms in total.